The highest BCUT2D eigenvalue weighted by Gasteiger charge is 2.15. The van der Waals surface area contributed by atoms with Crippen molar-refractivity contribution in [3.05, 3.63) is 48.4 Å². The fourth-order valence-electron chi connectivity index (χ4n) is 2.39. The van der Waals surface area contributed by atoms with Crippen molar-refractivity contribution in [1.29, 1.82) is 0 Å². The van der Waals surface area contributed by atoms with E-state index in [-0.39, 0.29) is 17.3 Å². The molecule has 8 heteroatoms. The minimum absolute atomic E-state index is 0.127. The molecule has 1 aromatic carbocycles. The van der Waals surface area contributed by atoms with E-state index in [4.69, 9.17) is 16.2 Å². The van der Waals surface area contributed by atoms with Gasteiger partial charge in [0.2, 0.25) is 0 Å². The van der Waals surface area contributed by atoms with Gasteiger partial charge < -0.3 is 21.5 Å². The Morgan fingerprint density at radius 3 is 2.68 bits per heavy atom. The Morgan fingerprint density at radius 1 is 1.32 bits per heavy atom. The number of aliphatic imine (C=N–C) groups is 1. The molecule has 0 saturated carbocycles. The second-order valence-corrected chi connectivity index (χ2v) is 6.40. The van der Waals surface area contributed by atoms with Crippen LogP contribution in [0.15, 0.2) is 47.6 Å². The lowest BCUT2D eigenvalue weighted by Crippen LogP contribution is -2.22. The molecule has 2 rings (SSSR count). The van der Waals surface area contributed by atoms with Gasteiger partial charge in [0.15, 0.2) is 0 Å². The maximum absolute atomic E-state index is 13.8. The largest absolute Gasteiger partial charge is 0.493 e. The van der Waals surface area contributed by atoms with E-state index in [2.05, 4.69) is 15.3 Å². The standard InChI is InChI=1S/C20H24FN5O2/c1-12(2)11-28-17-6-4-13(21)10-15(17)14-5-7-18(25-19(14)23)26-20(27)16(24-3)8-9-22/h4-10,12H,11,22H2,1-3H3,(H3,23,25,26,27)/b9-8-,24-16?. The molecular formula is C20H24FN5O2. The molecule has 0 aliphatic rings. The van der Waals surface area contributed by atoms with E-state index >= 15 is 0 Å². The highest BCUT2D eigenvalue weighted by atomic mass is 19.1. The number of amides is 1. The SMILES string of the molecule is CN=C(/C=C\N)C(=O)Nc1ccc(-c2cc(F)ccc2OCC(C)C)c(N)n1. The number of ether oxygens (including phenoxy) is 1. The molecule has 28 heavy (non-hydrogen) atoms. The molecule has 0 fully saturated rings. The van der Waals surface area contributed by atoms with Crippen LogP contribution in [0.3, 0.4) is 0 Å². The zero-order valence-electron chi connectivity index (χ0n) is 16.1. The fourth-order valence-corrected chi connectivity index (χ4v) is 2.39. The molecule has 0 saturated heterocycles. The van der Waals surface area contributed by atoms with E-state index < -0.39 is 11.7 Å². The number of hydrogen-bond acceptors (Lipinski definition) is 6. The molecule has 0 radical (unpaired) electrons. The van der Waals surface area contributed by atoms with Gasteiger partial charge in [-0.15, -0.1) is 0 Å². The summed E-state index contributed by atoms with van der Waals surface area (Å²) in [6.45, 7) is 4.52. The van der Waals surface area contributed by atoms with E-state index in [1.165, 1.54) is 31.5 Å². The van der Waals surface area contributed by atoms with Crippen LogP contribution in [-0.4, -0.2) is 30.3 Å². The zero-order chi connectivity index (χ0) is 20.7. The van der Waals surface area contributed by atoms with Gasteiger partial charge in [-0.05, 0) is 48.5 Å². The Labute approximate surface area is 163 Å². The van der Waals surface area contributed by atoms with Crippen molar-refractivity contribution in [1.82, 2.24) is 4.98 Å². The summed E-state index contributed by atoms with van der Waals surface area (Å²) >= 11 is 0. The normalized spacial score (nSPS) is 11.8. The molecule has 1 heterocycles. The first-order chi connectivity index (χ1) is 13.3. The number of carbonyl (C=O) groups excluding carboxylic acids is 1. The Kier molecular flexibility index (Phi) is 7.08. The predicted molar refractivity (Wildman–Crippen MR) is 110 cm³/mol. The molecular weight excluding hydrogens is 361 g/mol. The Hall–Kier alpha value is -3.42. The molecule has 2 aromatic rings. The van der Waals surface area contributed by atoms with Gasteiger partial charge in [0.05, 0.1) is 6.61 Å². The predicted octanol–water partition coefficient (Wildman–Crippen LogP) is 2.99. The third kappa shape index (κ3) is 5.29. The summed E-state index contributed by atoms with van der Waals surface area (Å²) in [4.78, 5) is 20.2. The monoisotopic (exact) mass is 385 g/mol. The van der Waals surface area contributed by atoms with Crippen molar-refractivity contribution < 1.29 is 13.9 Å². The lowest BCUT2D eigenvalue weighted by molar-refractivity contribution is -0.110. The van der Waals surface area contributed by atoms with Gasteiger partial charge in [-0.3, -0.25) is 9.79 Å². The first-order valence-corrected chi connectivity index (χ1v) is 8.71. The minimum atomic E-state index is -0.476. The van der Waals surface area contributed by atoms with Crippen LogP contribution in [0.5, 0.6) is 5.75 Å². The molecule has 5 N–H and O–H groups in total. The minimum Gasteiger partial charge on any atom is -0.493 e. The lowest BCUT2D eigenvalue weighted by Gasteiger charge is -2.15. The van der Waals surface area contributed by atoms with E-state index in [9.17, 15) is 9.18 Å². The molecule has 1 amide bonds. The van der Waals surface area contributed by atoms with Crippen LogP contribution >= 0.6 is 0 Å². The smallest absolute Gasteiger partial charge is 0.274 e. The number of rotatable bonds is 7. The van der Waals surface area contributed by atoms with Crippen molar-refractivity contribution >= 4 is 23.3 Å². The number of nitrogens with two attached hydrogens (primary N) is 2. The molecule has 0 unspecified atom stereocenters. The highest BCUT2D eigenvalue weighted by Crippen LogP contribution is 2.34. The number of hydrogen-bond donors (Lipinski definition) is 3. The Morgan fingerprint density at radius 2 is 2.07 bits per heavy atom. The van der Waals surface area contributed by atoms with Gasteiger partial charge >= 0.3 is 0 Å². The highest BCUT2D eigenvalue weighted by molar-refractivity contribution is 6.47. The maximum atomic E-state index is 13.8. The molecule has 1 aromatic heterocycles. The fraction of sp³-hybridized carbons (Fsp3) is 0.250. The Bertz CT molecular complexity index is 909. The summed E-state index contributed by atoms with van der Waals surface area (Å²) in [6.07, 6.45) is 2.59. The lowest BCUT2D eigenvalue weighted by atomic mass is 10.0. The van der Waals surface area contributed by atoms with Gasteiger partial charge in [0.25, 0.3) is 5.91 Å². The molecule has 0 aliphatic carbocycles. The van der Waals surface area contributed by atoms with Crippen LogP contribution in [-0.2, 0) is 4.79 Å². The average molecular weight is 385 g/mol. The van der Waals surface area contributed by atoms with Gasteiger partial charge in [-0.1, -0.05) is 13.8 Å². The summed E-state index contributed by atoms with van der Waals surface area (Å²) in [7, 11) is 1.47. The zero-order valence-corrected chi connectivity index (χ0v) is 16.1. The summed E-state index contributed by atoms with van der Waals surface area (Å²) in [5, 5.41) is 2.59. The van der Waals surface area contributed by atoms with Crippen molar-refractivity contribution in [2.75, 3.05) is 24.7 Å². The van der Waals surface area contributed by atoms with Crippen molar-refractivity contribution in [3.63, 3.8) is 0 Å². The van der Waals surface area contributed by atoms with Crippen LogP contribution in [0.4, 0.5) is 16.0 Å². The van der Waals surface area contributed by atoms with E-state index in [0.717, 1.165) is 0 Å². The van der Waals surface area contributed by atoms with Gasteiger partial charge in [0.1, 0.15) is 28.9 Å². The summed E-state index contributed by atoms with van der Waals surface area (Å²) in [6, 6.07) is 7.45. The van der Waals surface area contributed by atoms with E-state index in [1.54, 1.807) is 18.2 Å². The first-order valence-electron chi connectivity index (χ1n) is 8.71. The molecule has 0 atom stereocenters. The van der Waals surface area contributed by atoms with Crippen LogP contribution in [0.1, 0.15) is 13.8 Å². The van der Waals surface area contributed by atoms with Crippen LogP contribution in [0.2, 0.25) is 0 Å². The van der Waals surface area contributed by atoms with Crippen LogP contribution < -0.4 is 21.5 Å². The number of pyridine rings is 1. The Balaban J connectivity index is 2.32. The third-order valence-electron chi connectivity index (χ3n) is 3.70. The number of nitrogens with one attached hydrogen (secondary N) is 1. The number of nitrogens with zero attached hydrogens (tertiary/aromatic N) is 2. The van der Waals surface area contributed by atoms with Crippen molar-refractivity contribution in [2.24, 2.45) is 16.6 Å². The summed E-state index contributed by atoms with van der Waals surface area (Å²) in [5.74, 6) is 0.287. The number of benzene rings is 1. The summed E-state index contributed by atoms with van der Waals surface area (Å²) in [5.41, 5.74) is 12.5. The van der Waals surface area contributed by atoms with Gasteiger partial charge in [0, 0.05) is 18.2 Å². The number of aromatic nitrogens is 1. The second-order valence-electron chi connectivity index (χ2n) is 6.40. The van der Waals surface area contributed by atoms with E-state index in [1.807, 2.05) is 13.8 Å². The topological polar surface area (TPSA) is 116 Å². The second kappa shape index (κ2) is 9.50. The number of nitrogen functional groups attached to an aromatic ring is 1. The van der Waals surface area contributed by atoms with E-state index in [0.29, 0.717) is 29.4 Å². The summed E-state index contributed by atoms with van der Waals surface area (Å²) < 4.78 is 19.6. The number of anilines is 2. The van der Waals surface area contributed by atoms with Crippen molar-refractivity contribution in [3.8, 4) is 16.9 Å². The molecule has 7 nitrogen and oxygen atoms in total. The molecule has 0 bridgehead atoms. The average Bonchev–Trinajstić information content (AvgIpc) is 2.65. The van der Waals surface area contributed by atoms with Crippen molar-refractivity contribution in [2.45, 2.75) is 13.8 Å². The third-order valence-corrected chi connectivity index (χ3v) is 3.70. The first kappa shape index (κ1) is 20.9. The van der Waals surface area contributed by atoms with Crippen LogP contribution in [0.25, 0.3) is 11.1 Å². The molecule has 0 spiro atoms. The quantitative estimate of drug-likeness (QED) is 0.634. The van der Waals surface area contributed by atoms with Gasteiger partial charge in [-0.2, -0.15) is 0 Å². The maximum Gasteiger partial charge on any atom is 0.274 e. The molecule has 148 valence electrons. The van der Waals surface area contributed by atoms with Crippen LogP contribution in [0, 0.1) is 11.7 Å². The number of carbonyl (C=O) groups is 1. The van der Waals surface area contributed by atoms with Gasteiger partial charge in [-0.25, -0.2) is 9.37 Å². The molecule has 0 aliphatic heterocycles. The number of halogens is 1.